The second-order valence-corrected chi connectivity index (χ2v) is 2.56. The molecule has 1 aromatic heterocycles. The van der Waals surface area contributed by atoms with Crippen molar-refractivity contribution in [3.05, 3.63) is 23.4 Å². The highest BCUT2D eigenvalue weighted by Crippen LogP contribution is 2.13. The van der Waals surface area contributed by atoms with Gasteiger partial charge in [0.25, 0.3) is 0 Å². The van der Waals surface area contributed by atoms with Gasteiger partial charge in [0.05, 0.1) is 13.7 Å². The maximum Gasteiger partial charge on any atom is 0.215 e. The topological polar surface area (TPSA) is 48.1 Å². The van der Waals surface area contributed by atoms with Crippen LogP contribution in [0.1, 0.15) is 11.1 Å². The van der Waals surface area contributed by atoms with Crippen LogP contribution in [0.4, 0.5) is 0 Å². The van der Waals surface area contributed by atoms with Crippen LogP contribution in [-0.4, -0.2) is 18.6 Å². The molecule has 0 saturated heterocycles. The van der Waals surface area contributed by atoms with E-state index in [9.17, 15) is 0 Å². The molecule has 0 fully saturated rings. The largest absolute Gasteiger partial charge is 0.481 e. The molecule has 0 aliphatic carbocycles. The fourth-order valence-corrected chi connectivity index (χ4v) is 0.997. The molecule has 0 atom stereocenters. The summed E-state index contributed by atoms with van der Waals surface area (Å²) in [5.74, 6) is 6.31. The molecule has 0 spiro atoms. The number of hydrogen-bond donors (Lipinski definition) is 1. The number of nitrogens with two attached hydrogens (primary N) is 1. The van der Waals surface area contributed by atoms with E-state index in [1.807, 2.05) is 13.0 Å². The van der Waals surface area contributed by atoms with Crippen LogP contribution >= 0.6 is 0 Å². The first-order chi connectivity index (χ1) is 6.27. The van der Waals surface area contributed by atoms with E-state index in [1.54, 1.807) is 13.3 Å². The van der Waals surface area contributed by atoms with Crippen LogP contribution in [0, 0.1) is 18.8 Å². The van der Waals surface area contributed by atoms with Gasteiger partial charge in [0, 0.05) is 17.3 Å². The number of rotatable bonds is 1. The third kappa shape index (κ3) is 2.46. The van der Waals surface area contributed by atoms with Gasteiger partial charge in [0.1, 0.15) is 0 Å². The van der Waals surface area contributed by atoms with Crippen molar-refractivity contribution in [2.75, 3.05) is 13.7 Å². The van der Waals surface area contributed by atoms with Crippen molar-refractivity contribution in [3.8, 4) is 17.7 Å². The summed E-state index contributed by atoms with van der Waals surface area (Å²) >= 11 is 0. The first-order valence-electron chi connectivity index (χ1n) is 3.97. The Morgan fingerprint density at radius 3 is 2.92 bits per heavy atom. The molecule has 3 heteroatoms. The summed E-state index contributed by atoms with van der Waals surface area (Å²) in [7, 11) is 1.60. The molecule has 0 radical (unpaired) electrons. The Morgan fingerprint density at radius 1 is 1.62 bits per heavy atom. The monoisotopic (exact) mass is 176 g/mol. The normalized spacial score (nSPS) is 8.85. The number of nitrogens with zero attached hydrogens (tertiary/aromatic N) is 1. The molecule has 0 aliphatic heterocycles. The number of ether oxygens (including phenoxy) is 1. The molecule has 2 N–H and O–H groups in total. The SMILES string of the molecule is COc1ncc(C#CCN)cc1C. The van der Waals surface area contributed by atoms with Gasteiger partial charge in [-0.3, -0.25) is 0 Å². The lowest BCUT2D eigenvalue weighted by atomic mass is 10.2. The number of aryl methyl sites for hydroxylation is 1. The number of methoxy groups -OCH3 is 1. The summed E-state index contributed by atoms with van der Waals surface area (Å²) in [6.07, 6.45) is 1.68. The average molecular weight is 176 g/mol. The molecule has 13 heavy (non-hydrogen) atoms. The zero-order chi connectivity index (χ0) is 9.68. The average Bonchev–Trinajstić information content (AvgIpc) is 2.15. The Hall–Kier alpha value is -1.53. The maximum atomic E-state index is 5.25. The van der Waals surface area contributed by atoms with Crippen LogP contribution in [0.2, 0.25) is 0 Å². The van der Waals surface area contributed by atoms with E-state index in [4.69, 9.17) is 10.5 Å². The lowest BCUT2D eigenvalue weighted by Crippen LogP contribution is -1.94. The summed E-state index contributed by atoms with van der Waals surface area (Å²) in [4.78, 5) is 4.08. The standard InChI is InChI=1S/C10H12N2O/c1-8-6-9(4-3-5-11)7-12-10(8)13-2/h6-7H,5,11H2,1-2H3. The van der Waals surface area contributed by atoms with Crippen molar-refractivity contribution in [3.63, 3.8) is 0 Å². The molecule has 1 aromatic rings. The van der Waals surface area contributed by atoms with Crippen molar-refractivity contribution < 1.29 is 4.74 Å². The lowest BCUT2D eigenvalue weighted by molar-refractivity contribution is 0.394. The second-order valence-electron chi connectivity index (χ2n) is 2.56. The van der Waals surface area contributed by atoms with Gasteiger partial charge >= 0.3 is 0 Å². The molecule has 0 amide bonds. The predicted octanol–water partition coefficient (Wildman–Crippen LogP) is 0.709. The third-order valence-electron chi connectivity index (χ3n) is 1.56. The van der Waals surface area contributed by atoms with Crippen molar-refractivity contribution >= 4 is 0 Å². The first-order valence-corrected chi connectivity index (χ1v) is 3.97. The summed E-state index contributed by atoms with van der Waals surface area (Å²) in [6.45, 7) is 2.30. The van der Waals surface area contributed by atoms with Crippen LogP contribution in [0.15, 0.2) is 12.3 Å². The number of aromatic nitrogens is 1. The third-order valence-corrected chi connectivity index (χ3v) is 1.56. The minimum atomic E-state index is 0.366. The second kappa shape index (κ2) is 4.48. The smallest absolute Gasteiger partial charge is 0.215 e. The van der Waals surface area contributed by atoms with Gasteiger partial charge in [-0.15, -0.1) is 0 Å². The van der Waals surface area contributed by atoms with Gasteiger partial charge in [-0.1, -0.05) is 11.8 Å². The van der Waals surface area contributed by atoms with Crippen LogP contribution in [-0.2, 0) is 0 Å². The van der Waals surface area contributed by atoms with Crippen LogP contribution in [0.25, 0.3) is 0 Å². The van der Waals surface area contributed by atoms with Crippen molar-refractivity contribution in [1.82, 2.24) is 4.98 Å². The van der Waals surface area contributed by atoms with Gasteiger partial charge in [-0.05, 0) is 13.0 Å². The van der Waals surface area contributed by atoms with E-state index < -0.39 is 0 Å². The number of pyridine rings is 1. The summed E-state index contributed by atoms with van der Waals surface area (Å²) < 4.78 is 5.02. The van der Waals surface area contributed by atoms with Gasteiger partial charge < -0.3 is 10.5 Å². The van der Waals surface area contributed by atoms with E-state index in [0.717, 1.165) is 11.1 Å². The van der Waals surface area contributed by atoms with Gasteiger partial charge in [-0.25, -0.2) is 4.98 Å². The predicted molar refractivity (Wildman–Crippen MR) is 51.5 cm³/mol. The molecule has 0 aromatic carbocycles. The quantitative estimate of drug-likeness (QED) is 0.641. The highest BCUT2D eigenvalue weighted by atomic mass is 16.5. The minimum Gasteiger partial charge on any atom is -0.481 e. The van der Waals surface area contributed by atoms with Gasteiger partial charge in [-0.2, -0.15) is 0 Å². The first kappa shape index (κ1) is 9.56. The van der Waals surface area contributed by atoms with E-state index in [-0.39, 0.29) is 0 Å². The highest BCUT2D eigenvalue weighted by molar-refractivity contribution is 5.38. The molecule has 1 heterocycles. The maximum absolute atomic E-state index is 5.25. The molecule has 0 saturated carbocycles. The van der Waals surface area contributed by atoms with Crippen LogP contribution in [0.3, 0.4) is 0 Å². The Balaban J connectivity index is 2.96. The highest BCUT2D eigenvalue weighted by Gasteiger charge is 1.98. The van der Waals surface area contributed by atoms with Crippen molar-refractivity contribution in [1.29, 1.82) is 0 Å². The molecular formula is C10H12N2O. The van der Waals surface area contributed by atoms with Crippen LogP contribution in [0.5, 0.6) is 5.88 Å². The fraction of sp³-hybridized carbons (Fsp3) is 0.300. The molecule has 0 aliphatic rings. The molecular weight excluding hydrogens is 164 g/mol. The van der Waals surface area contributed by atoms with Gasteiger partial charge in [0.15, 0.2) is 0 Å². The lowest BCUT2D eigenvalue weighted by Gasteiger charge is -2.01. The van der Waals surface area contributed by atoms with Gasteiger partial charge in [0.2, 0.25) is 5.88 Å². The summed E-state index contributed by atoms with van der Waals surface area (Å²) in [6, 6.07) is 1.93. The molecule has 3 nitrogen and oxygen atoms in total. The van der Waals surface area contributed by atoms with Crippen molar-refractivity contribution in [2.45, 2.75) is 6.92 Å². The van der Waals surface area contributed by atoms with E-state index >= 15 is 0 Å². The summed E-state index contributed by atoms with van der Waals surface area (Å²) in [5.41, 5.74) is 7.09. The Bertz CT molecular complexity index is 350. The van der Waals surface area contributed by atoms with E-state index in [0.29, 0.717) is 12.4 Å². The molecule has 68 valence electrons. The Labute approximate surface area is 77.9 Å². The Kier molecular flexibility index (Phi) is 3.30. The van der Waals surface area contributed by atoms with E-state index in [2.05, 4.69) is 16.8 Å². The van der Waals surface area contributed by atoms with E-state index in [1.165, 1.54) is 0 Å². The molecule has 0 bridgehead atoms. The number of hydrogen-bond acceptors (Lipinski definition) is 3. The van der Waals surface area contributed by atoms with Crippen molar-refractivity contribution in [2.24, 2.45) is 5.73 Å². The minimum absolute atomic E-state index is 0.366. The molecule has 1 rings (SSSR count). The fourth-order valence-electron chi connectivity index (χ4n) is 0.997. The zero-order valence-electron chi connectivity index (χ0n) is 7.79. The van der Waals surface area contributed by atoms with Crippen LogP contribution < -0.4 is 10.5 Å². The summed E-state index contributed by atoms with van der Waals surface area (Å²) in [5, 5.41) is 0. The molecule has 0 unspecified atom stereocenters. The Morgan fingerprint density at radius 2 is 2.38 bits per heavy atom. The zero-order valence-corrected chi connectivity index (χ0v) is 7.79.